The van der Waals surface area contributed by atoms with Crippen LogP contribution in [0.2, 0.25) is 0 Å². The number of likely N-dealkylation sites (tertiary alicyclic amines) is 1. The number of nitrogens with one attached hydrogen (secondary N) is 1. The number of rotatable bonds is 6. The van der Waals surface area contributed by atoms with Crippen molar-refractivity contribution in [2.24, 2.45) is 0 Å². The monoisotopic (exact) mass is 340 g/mol. The van der Waals surface area contributed by atoms with E-state index in [2.05, 4.69) is 10.2 Å². The van der Waals surface area contributed by atoms with Gasteiger partial charge in [0, 0.05) is 12.2 Å². The topological polar surface area (TPSA) is 50.8 Å². The summed E-state index contributed by atoms with van der Waals surface area (Å²) >= 11 is 0. The minimum Gasteiger partial charge on any atom is -0.492 e. The fourth-order valence-corrected chi connectivity index (χ4v) is 2.85. The Morgan fingerprint density at radius 3 is 2.36 bits per heavy atom. The number of amides is 1. The number of para-hydroxylation sites is 1. The Bertz CT molecular complexity index is 652. The maximum absolute atomic E-state index is 11.8. The van der Waals surface area contributed by atoms with Crippen LogP contribution in [0.1, 0.15) is 19.3 Å². The van der Waals surface area contributed by atoms with Crippen LogP contribution in [-0.4, -0.2) is 37.2 Å². The molecule has 2 aromatic carbocycles. The Morgan fingerprint density at radius 2 is 1.64 bits per heavy atom. The molecule has 3 rings (SSSR count). The van der Waals surface area contributed by atoms with E-state index < -0.39 is 6.09 Å². The molecular weight excluding hydrogens is 316 g/mol. The summed E-state index contributed by atoms with van der Waals surface area (Å²) in [6, 6.07) is 16.3. The predicted octanol–water partition coefficient (Wildman–Crippen LogP) is 4.16. The van der Waals surface area contributed by atoms with Gasteiger partial charge in [0.1, 0.15) is 18.1 Å². The van der Waals surface area contributed by atoms with Crippen LogP contribution in [0, 0.1) is 0 Å². The van der Waals surface area contributed by atoms with Crippen LogP contribution >= 0.6 is 0 Å². The first-order valence-corrected chi connectivity index (χ1v) is 8.79. The third-order valence-electron chi connectivity index (χ3n) is 4.18. The molecule has 2 aromatic rings. The predicted molar refractivity (Wildman–Crippen MR) is 98.3 cm³/mol. The molecule has 0 saturated carbocycles. The number of carbonyl (C=O) groups excluding carboxylic acids is 1. The minimum absolute atomic E-state index is 0.509. The lowest BCUT2D eigenvalue weighted by Gasteiger charge is -2.26. The summed E-state index contributed by atoms with van der Waals surface area (Å²) in [5.74, 6) is 1.32. The zero-order valence-corrected chi connectivity index (χ0v) is 14.3. The Kier molecular flexibility index (Phi) is 6.29. The number of hydrogen-bond donors (Lipinski definition) is 1. The molecule has 0 aromatic heterocycles. The van der Waals surface area contributed by atoms with Gasteiger partial charge in [0.05, 0.1) is 0 Å². The first-order chi connectivity index (χ1) is 12.3. The molecule has 0 atom stereocenters. The van der Waals surface area contributed by atoms with Crippen molar-refractivity contribution in [3.63, 3.8) is 0 Å². The summed E-state index contributed by atoms with van der Waals surface area (Å²) in [7, 11) is 0. The van der Waals surface area contributed by atoms with Crippen molar-refractivity contribution in [2.45, 2.75) is 19.3 Å². The molecule has 5 nitrogen and oxygen atoms in total. The van der Waals surface area contributed by atoms with Gasteiger partial charge in [-0.3, -0.25) is 10.2 Å². The highest BCUT2D eigenvalue weighted by Crippen LogP contribution is 2.17. The van der Waals surface area contributed by atoms with Crippen LogP contribution in [0.15, 0.2) is 54.6 Å². The van der Waals surface area contributed by atoms with E-state index in [9.17, 15) is 4.79 Å². The Morgan fingerprint density at radius 1 is 0.920 bits per heavy atom. The molecule has 25 heavy (non-hydrogen) atoms. The molecule has 1 aliphatic rings. The lowest BCUT2D eigenvalue weighted by atomic mass is 10.1. The van der Waals surface area contributed by atoms with Crippen LogP contribution in [0.25, 0.3) is 0 Å². The van der Waals surface area contributed by atoms with Gasteiger partial charge in [0.2, 0.25) is 0 Å². The van der Waals surface area contributed by atoms with Gasteiger partial charge in [-0.15, -0.1) is 0 Å². The second-order valence-electron chi connectivity index (χ2n) is 6.10. The minimum atomic E-state index is -0.509. The summed E-state index contributed by atoms with van der Waals surface area (Å²) in [5.41, 5.74) is 0.671. The molecule has 1 amide bonds. The highest BCUT2D eigenvalue weighted by atomic mass is 16.6. The largest absolute Gasteiger partial charge is 0.492 e. The molecule has 5 heteroatoms. The molecule has 0 aliphatic carbocycles. The molecule has 0 bridgehead atoms. The van der Waals surface area contributed by atoms with Gasteiger partial charge >= 0.3 is 6.09 Å². The summed E-state index contributed by atoms with van der Waals surface area (Å²) in [5, 5.41) is 2.70. The van der Waals surface area contributed by atoms with Gasteiger partial charge < -0.3 is 9.47 Å². The number of anilines is 1. The highest BCUT2D eigenvalue weighted by Gasteiger charge is 2.09. The van der Waals surface area contributed by atoms with E-state index in [1.807, 2.05) is 42.5 Å². The summed E-state index contributed by atoms with van der Waals surface area (Å²) < 4.78 is 11.0. The fraction of sp³-hybridized carbons (Fsp3) is 0.350. The smallest absolute Gasteiger partial charge is 0.417 e. The zero-order valence-electron chi connectivity index (χ0n) is 14.3. The third-order valence-corrected chi connectivity index (χ3v) is 4.18. The summed E-state index contributed by atoms with van der Waals surface area (Å²) in [4.78, 5) is 14.3. The van der Waals surface area contributed by atoms with E-state index >= 15 is 0 Å². The van der Waals surface area contributed by atoms with Crippen molar-refractivity contribution in [3.8, 4) is 11.5 Å². The van der Waals surface area contributed by atoms with E-state index in [0.717, 1.165) is 12.3 Å². The van der Waals surface area contributed by atoms with Gasteiger partial charge in [0.15, 0.2) is 0 Å². The Hall–Kier alpha value is -2.53. The number of nitrogens with zero attached hydrogens (tertiary/aromatic N) is 1. The van der Waals surface area contributed by atoms with Crippen LogP contribution in [0.4, 0.5) is 10.5 Å². The first-order valence-electron chi connectivity index (χ1n) is 8.79. The molecule has 0 unspecified atom stereocenters. The quantitative estimate of drug-likeness (QED) is 0.858. The molecule has 1 heterocycles. The Balaban J connectivity index is 1.41. The van der Waals surface area contributed by atoms with Gasteiger partial charge in [-0.1, -0.05) is 24.6 Å². The van der Waals surface area contributed by atoms with Crippen molar-refractivity contribution in [2.75, 3.05) is 31.6 Å². The first kappa shape index (κ1) is 17.3. The van der Waals surface area contributed by atoms with E-state index in [0.29, 0.717) is 18.0 Å². The summed E-state index contributed by atoms with van der Waals surface area (Å²) in [6.07, 6.45) is 3.42. The van der Waals surface area contributed by atoms with Crippen molar-refractivity contribution in [1.82, 2.24) is 4.90 Å². The lowest BCUT2D eigenvalue weighted by molar-refractivity contribution is 0.183. The highest BCUT2D eigenvalue weighted by molar-refractivity contribution is 5.86. The van der Waals surface area contributed by atoms with Gasteiger partial charge in [-0.05, 0) is 62.3 Å². The average Bonchev–Trinajstić information content (AvgIpc) is 2.65. The Labute approximate surface area is 148 Å². The number of hydrogen-bond acceptors (Lipinski definition) is 4. The van der Waals surface area contributed by atoms with E-state index in [-0.39, 0.29) is 0 Å². The van der Waals surface area contributed by atoms with Crippen LogP contribution < -0.4 is 14.8 Å². The lowest BCUT2D eigenvalue weighted by Crippen LogP contribution is -2.33. The zero-order chi connectivity index (χ0) is 17.3. The maximum Gasteiger partial charge on any atom is 0.417 e. The normalized spacial score (nSPS) is 14.7. The second-order valence-corrected chi connectivity index (χ2v) is 6.10. The van der Waals surface area contributed by atoms with Crippen molar-refractivity contribution in [3.05, 3.63) is 54.6 Å². The standard InChI is InChI=1S/C20H24N2O3/c23-20(25-19-7-3-1-4-8-19)21-17-9-11-18(12-10-17)24-16-15-22-13-5-2-6-14-22/h1,3-4,7-12H,2,5-6,13-16H2,(H,21,23). The molecular formula is C20H24N2O3. The maximum atomic E-state index is 11.8. The number of benzene rings is 2. The van der Waals surface area contributed by atoms with Crippen LogP contribution in [-0.2, 0) is 0 Å². The molecule has 1 aliphatic heterocycles. The molecule has 1 fully saturated rings. The molecule has 132 valence electrons. The van der Waals surface area contributed by atoms with Crippen molar-refractivity contribution >= 4 is 11.8 Å². The molecule has 0 radical (unpaired) electrons. The molecule has 1 saturated heterocycles. The van der Waals surface area contributed by atoms with Crippen LogP contribution in [0.5, 0.6) is 11.5 Å². The number of piperidine rings is 1. The number of carbonyl (C=O) groups is 1. The van der Waals surface area contributed by atoms with Gasteiger partial charge in [-0.2, -0.15) is 0 Å². The van der Waals surface area contributed by atoms with Crippen molar-refractivity contribution < 1.29 is 14.3 Å². The van der Waals surface area contributed by atoms with Crippen molar-refractivity contribution in [1.29, 1.82) is 0 Å². The third kappa shape index (κ3) is 5.80. The van der Waals surface area contributed by atoms with Gasteiger partial charge in [0.25, 0.3) is 0 Å². The fourth-order valence-electron chi connectivity index (χ4n) is 2.85. The van der Waals surface area contributed by atoms with Crippen LogP contribution in [0.3, 0.4) is 0 Å². The van der Waals surface area contributed by atoms with E-state index in [1.54, 1.807) is 12.1 Å². The van der Waals surface area contributed by atoms with E-state index in [1.165, 1.54) is 32.4 Å². The molecule has 1 N–H and O–H groups in total. The SMILES string of the molecule is O=C(Nc1ccc(OCCN2CCCCC2)cc1)Oc1ccccc1. The second kappa shape index (κ2) is 9.08. The van der Waals surface area contributed by atoms with E-state index in [4.69, 9.17) is 9.47 Å². The number of ether oxygens (including phenoxy) is 2. The van der Waals surface area contributed by atoms with Gasteiger partial charge in [-0.25, -0.2) is 4.79 Å². The molecule has 0 spiro atoms. The summed E-state index contributed by atoms with van der Waals surface area (Å²) in [6.45, 7) is 4.00. The average molecular weight is 340 g/mol.